The number of benzene rings is 1. The molecule has 16 heavy (non-hydrogen) atoms. The maximum absolute atomic E-state index is 13.3. The van der Waals surface area contributed by atoms with Crippen molar-refractivity contribution < 1.29 is 13.2 Å². The lowest BCUT2D eigenvalue weighted by molar-refractivity contribution is 0.478. The van der Waals surface area contributed by atoms with Crippen molar-refractivity contribution in [3.8, 4) is 0 Å². The maximum Gasteiger partial charge on any atom is 0.161 e. The molecule has 1 aromatic rings. The summed E-state index contributed by atoms with van der Waals surface area (Å²) >= 11 is 0. The van der Waals surface area contributed by atoms with E-state index in [1.165, 1.54) is 0 Å². The molecule has 0 radical (unpaired) electrons. The summed E-state index contributed by atoms with van der Waals surface area (Å²) in [7, 11) is 0. The number of nitrogens with two attached hydrogens (primary N) is 1. The SMILES string of the molecule is CCCCCC(N)c1cc(F)c(F)cc1F. The molecule has 0 fully saturated rings. The minimum Gasteiger partial charge on any atom is -0.324 e. The Bertz CT molecular complexity index is 352. The van der Waals surface area contributed by atoms with Crippen LogP contribution in [0.25, 0.3) is 0 Å². The summed E-state index contributed by atoms with van der Waals surface area (Å²) in [6.07, 6.45) is 3.47. The van der Waals surface area contributed by atoms with E-state index in [1.54, 1.807) is 0 Å². The summed E-state index contributed by atoms with van der Waals surface area (Å²) in [5, 5.41) is 0. The van der Waals surface area contributed by atoms with E-state index < -0.39 is 23.5 Å². The lowest BCUT2D eigenvalue weighted by Gasteiger charge is -2.13. The molecule has 1 atom stereocenters. The minimum atomic E-state index is -1.18. The first-order valence-corrected chi connectivity index (χ1v) is 5.46. The zero-order valence-corrected chi connectivity index (χ0v) is 9.27. The van der Waals surface area contributed by atoms with Gasteiger partial charge in [-0.05, 0) is 12.5 Å². The molecular weight excluding hydrogens is 215 g/mol. The van der Waals surface area contributed by atoms with Crippen molar-refractivity contribution in [1.82, 2.24) is 0 Å². The lowest BCUT2D eigenvalue weighted by Crippen LogP contribution is -2.13. The number of hydrogen-bond acceptors (Lipinski definition) is 1. The first-order chi connectivity index (χ1) is 7.56. The molecule has 0 saturated heterocycles. The van der Waals surface area contributed by atoms with E-state index in [2.05, 4.69) is 0 Å². The molecule has 0 amide bonds. The number of halogens is 3. The molecular formula is C12H16F3N. The average Bonchev–Trinajstić information content (AvgIpc) is 2.23. The molecule has 0 aliphatic carbocycles. The Morgan fingerprint density at radius 2 is 1.69 bits per heavy atom. The van der Waals surface area contributed by atoms with Gasteiger partial charge in [-0.1, -0.05) is 26.2 Å². The number of rotatable bonds is 5. The average molecular weight is 231 g/mol. The Hall–Kier alpha value is -1.03. The van der Waals surface area contributed by atoms with Crippen LogP contribution in [0.2, 0.25) is 0 Å². The first kappa shape index (κ1) is 13.0. The van der Waals surface area contributed by atoms with Crippen LogP contribution >= 0.6 is 0 Å². The summed E-state index contributed by atoms with van der Waals surface area (Å²) in [6.45, 7) is 2.05. The molecule has 1 nitrogen and oxygen atoms in total. The molecule has 0 heterocycles. The molecule has 90 valence electrons. The highest BCUT2D eigenvalue weighted by molar-refractivity contribution is 5.23. The predicted octanol–water partition coefficient (Wildman–Crippen LogP) is 3.68. The Morgan fingerprint density at radius 3 is 2.31 bits per heavy atom. The van der Waals surface area contributed by atoms with E-state index in [9.17, 15) is 13.2 Å². The fourth-order valence-electron chi connectivity index (χ4n) is 1.59. The standard InChI is InChI=1S/C12H16F3N/c1-2-3-4-5-12(16)8-6-10(14)11(15)7-9(8)13/h6-7,12H,2-5,16H2,1H3. The van der Waals surface area contributed by atoms with Crippen LogP contribution < -0.4 is 5.73 Å². The maximum atomic E-state index is 13.3. The monoisotopic (exact) mass is 231 g/mol. The lowest BCUT2D eigenvalue weighted by atomic mass is 10.0. The van der Waals surface area contributed by atoms with Crippen LogP contribution in [0.4, 0.5) is 13.2 Å². The van der Waals surface area contributed by atoms with Crippen molar-refractivity contribution in [2.24, 2.45) is 5.73 Å². The molecule has 4 heteroatoms. The van der Waals surface area contributed by atoms with Gasteiger partial charge in [0, 0.05) is 17.7 Å². The van der Waals surface area contributed by atoms with E-state index in [0.29, 0.717) is 12.5 Å². The van der Waals surface area contributed by atoms with Crippen LogP contribution in [-0.2, 0) is 0 Å². The van der Waals surface area contributed by atoms with Crippen molar-refractivity contribution in [3.63, 3.8) is 0 Å². The Kier molecular flexibility index (Phi) is 4.80. The van der Waals surface area contributed by atoms with Gasteiger partial charge in [0.1, 0.15) is 5.82 Å². The van der Waals surface area contributed by atoms with Crippen molar-refractivity contribution in [3.05, 3.63) is 35.1 Å². The highest BCUT2D eigenvalue weighted by atomic mass is 19.2. The first-order valence-electron chi connectivity index (χ1n) is 5.46. The van der Waals surface area contributed by atoms with Gasteiger partial charge < -0.3 is 5.73 Å². The van der Waals surface area contributed by atoms with Gasteiger partial charge in [0.15, 0.2) is 11.6 Å². The van der Waals surface area contributed by atoms with Crippen molar-refractivity contribution >= 4 is 0 Å². The van der Waals surface area contributed by atoms with Gasteiger partial charge in [-0.15, -0.1) is 0 Å². The molecule has 0 aromatic heterocycles. The summed E-state index contributed by atoms with van der Waals surface area (Å²) in [5.41, 5.74) is 5.78. The van der Waals surface area contributed by atoms with Crippen LogP contribution in [0.15, 0.2) is 12.1 Å². The summed E-state index contributed by atoms with van der Waals surface area (Å²) < 4.78 is 38.9. The zero-order valence-electron chi connectivity index (χ0n) is 9.27. The van der Waals surface area contributed by atoms with Gasteiger partial charge in [0.2, 0.25) is 0 Å². The van der Waals surface area contributed by atoms with Crippen LogP contribution in [0.1, 0.15) is 44.2 Å². The van der Waals surface area contributed by atoms with E-state index in [-0.39, 0.29) is 5.56 Å². The van der Waals surface area contributed by atoms with Crippen molar-refractivity contribution in [2.45, 2.75) is 38.6 Å². The van der Waals surface area contributed by atoms with Gasteiger partial charge >= 0.3 is 0 Å². The highest BCUT2D eigenvalue weighted by Crippen LogP contribution is 2.22. The molecule has 0 aliphatic heterocycles. The van der Waals surface area contributed by atoms with Crippen LogP contribution in [-0.4, -0.2) is 0 Å². The molecule has 0 bridgehead atoms. The Labute approximate surface area is 93.5 Å². The minimum absolute atomic E-state index is 0.0509. The second kappa shape index (κ2) is 5.89. The van der Waals surface area contributed by atoms with E-state index in [0.717, 1.165) is 25.3 Å². The van der Waals surface area contributed by atoms with Gasteiger partial charge in [0.25, 0.3) is 0 Å². The third kappa shape index (κ3) is 3.23. The molecule has 1 rings (SSSR count). The van der Waals surface area contributed by atoms with Gasteiger partial charge in [-0.2, -0.15) is 0 Å². The largest absolute Gasteiger partial charge is 0.324 e. The summed E-state index contributed by atoms with van der Waals surface area (Å²) in [6, 6.07) is 0.827. The molecule has 0 aliphatic rings. The summed E-state index contributed by atoms with van der Waals surface area (Å²) in [5.74, 6) is -3.01. The molecule has 0 saturated carbocycles. The summed E-state index contributed by atoms with van der Waals surface area (Å²) in [4.78, 5) is 0. The van der Waals surface area contributed by atoms with Crippen LogP contribution in [0.3, 0.4) is 0 Å². The normalized spacial score (nSPS) is 12.8. The zero-order chi connectivity index (χ0) is 12.1. The smallest absolute Gasteiger partial charge is 0.161 e. The van der Waals surface area contributed by atoms with Crippen molar-refractivity contribution in [2.75, 3.05) is 0 Å². The molecule has 0 spiro atoms. The Balaban J connectivity index is 2.75. The van der Waals surface area contributed by atoms with Crippen LogP contribution in [0, 0.1) is 17.5 Å². The Morgan fingerprint density at radius 1 is 1.06 bits per heavy atom. The third-order valence-corrected chi connectivity index (χ3v) is 2.56. The van der Waals surface area contributed by atoms with E-state index in [4.69, 9.17) is 5.73 Å². The highest BCUT2D eigenvalue weighted by Gasteiger charge is 2.15. The molecule has 2 N–H and O–H groups in total. The fourth-order valence-corrected chi connectivity index (χ4v) is 1.59. The van der Waals surface area contributed by atoms with Crippen LogP contribution in [0.5, 0.6) is 0 Å². The van der Waals surface area contributed by atoms with Crippen molar-refractivity contribution in [1.29, 1.82) is 0 Å². The fraction of sp³-hybridized carbons (Fsp3) is 0.500. The topological polar surface area (TPSA) is 26.0 Å². The second-order valence-electron chi connectivity index (χ2n) is 3.89. The molecule has 1 aromatic carbocycles. The van der Waals surface area contributed by atoms with Gasteiger partial charge in [-0.25, -0.2) is 13.2 Å². The number of hydrogen-bond donors (Lipinski definition) is 1. The van der Waals surface area contributed by atoms with E-state index >= 15 is 0 Å². The predicted molar refractivity (Wildman–Crippen MR) is 57.4 cm³/mol. The van der Waals surface area contributed by atoms with E-state index in [1.807, 2.05) is 6.92 Å². The second-order valence-corrected chi connectivity index (χ2v) is 3.89. The number of unbranched alkanes of at least 4 members (excludes halogenated alkanes) is 2. The third-order valence-electron chi connectivity index (χ3n) is 2.56. The quantitative estimate of drug-likeness (QED) is 0.607. The van der Waals surface area contributed by atoms with Gasteiger partial charge in [0.05, 0.1) is 0 Å². The van der Waals surface area contributed by atoms with Gasteiger partial charge in [-0.3, -0.25) is 0 Å². The molecule has 1 unspecified atom stereocenters.